The largest absolute Gasteiger partial charge is 0.469 e. The predicted molar refractivity (Wildman–Crippen MR) is 297 cm³/mol. The van der Waals surface area contributed by atoms with E-state index in [-0.39, 0.29) is 99.7 Å². The van der Waals surface area contributed by atoms with Gasteiger partial charge < -0.3 is 39.4 Å². The van der Waals surface area contributed by atoms with Gasteiger partial charge in [0.15, 0.2) is 0 Å². The van der Waals surface area contributed by atoms with Crippen LogP contribution in [0.15, 0.2) is 24.3 Å². The van der Waals surface area contributed by atoms with Crippen LogP contribution in [0.4, 0.5) is 0 Å². The Labute approximate surface area is 442 Å². The molecule has 8 aliphatic rings. The molecular weight excluding hydrogens is 913 g/mol. The van der Waals surface area contributed by atoms with Crippen LogP contribution in [-0.2, 0) is 38.1 Å². The average molecular weight is 1030 g/mol. The van der Waals surface area contributed by atoms with E-state index in [0.29, 0.717) is 38.7 Å². The van der Waals surface area contributed by atoms with E-state index in [1.807, 2.05) is 0 Å². The third-order valence-corrected chi connectivity index (χ3v) is 20.7. The maximum Gasteiger partial charge on any atom is 0.333 e. The van der Waals surface area contributed by atoms with Crippen molar-refractivity contribution in [2.24, 2.45) is 67.0 Å². The second kappa shape index (κ2) is 28.9. The van der Waals surface area contributed by atoms with Crippen molar-refractivity contribution in [3.8, 4) is 0 Å². The van der Waals surface area contributed by atoms with Crippen molar-refractivity contribution in [2.45, 2.75) is 242 Å². The number of aliphatic hydroxyl groups is 4. The van der Waals surface area contributed by atoms with Crippen molar-refractivity contribution in [1.29, 1.82) is 0 Å². The third-order valence-electron chi connectivity index (χ3n) is 20.7. The van der Waals surface area contributed by atoms with Crippen molar-refractivity contribution < 1.29 is 58.6 Å². The van der Waals surface area contributed by atoms with Crippen LogP contribution >= 0.6 is 0 Å². The Morgan fingerprint density at radius 2 is 0.667 bits per heavy atom. The van der Waals surface area contributed by atoms with Gasteiger partial charge in [-0.3, -0.25) is 9.59 Å². The molecule has 0 aromatic rings. The summed E-state index contributed by atoms with van der Waals surface area (Å²) in [4.78, 5) is 42.4. The van der Waals surface area contributed by atoms with Crippen molar-refractivity contribution in [2.75, 3.05) is 28.4 Å². The van der Waals surface area contributed by atoms with Gasteiger partial charge in [-0.15, -0.1) is 0 Å². The minimum atomic E-state index is -0.347. The van der Waals surface area contributed by atoms with Gasteiger partial charge in [0.25, 0.3) is 0 Å². The van der Waals surface area contributed by atoms with Crippen LogP contribution in [0.3, 0.4) is 0 Å². The fraction of sp³-hybridized carbons (Fsp3) is 0.867. The van der Waals surface area contributed by atoms with Crippen molar-refractivity contribution in [3.63, 3.8) is 0 Å². The molecule has 0 saturated heterocycles. The van der Waals surface area contributed by atoms with Gasteiger partial charge in [-0.25, -0.2) is 9.59 Å². The number of aliphatic hydroxyl groups excluding tert-OH is 4. The highest BCUT2D eigenvalue weighted by Gasteiger charge is 2.65. The van der Waals surface area contributed by atoms with E-state index in [4.69, 9.17) is 19.7 Å². The van der Waals surface area contributed by atoms with E-state index in [2.05, 4.69) is 106 Å². The summed E-state index contributed by atoms with van der Waals surface area (Å²) in [5.41, 5.74) is 3.15. The Hall–Kier alpha value is -2.80. The summed E-state index contributed by atoms with van der Waals surface area (Å²) in [5, 5.41) is 33.6. The summed E-state index contributed by atoms with van der Waals surface area (Å²) >= 11 is 0. The molecule has 12 heteroatoms. The van der Waals surface area contributed by atoms with E-state index >= 15 is 0 Å². The summed E-state index contributed by atoms with van der Waals surface area (Å²) in [6.07, 6.45) is 14.5. The van der Waals surface area contributed by atoms with Crippen molar-refractivity contribution >= 4 is 23.9 Å². The molecule has 0 spiro atoms. The Balaban J connectivity index is -0.000000386. The zero-order valence-corrected chi connectivity index (χ0v) is 46.6. The maximum atomic E-state index is 11.6. The lowest BCUT2D eigenvalue weighted by atomic mass is 9.70. The molecule has 0 radical (unpaired) electrons. The SMILES string of the molecule is C.C.C.C.C=C(C)C(=O)OC.C=C(C)C(=O)OC1CC2CCC1(C)C2(C)C.CC(=O)OC1CC2CCC1(C)C2(C)C.CC1(C)C2CCC1(C)C(O)C2.CC1(C)C2CCC1(C)C(O)C2.CO.CO.COC(C)=O. The van der Waals surface area contributed by atoms with Crippen LogP contribution in [0.2, 0.25) is 0 Å². The van der Waals surface area contributed by atoms with Crippen LogP contribution in [0, 0.1) is 67.0 Å². The molecule has 12 nitrogen and oxygen atoms in total. The lowest BCUT2D eigenvalue weighted by Crippen LogP contribution is -2.38. The summed E-state index contributed by atoms with van der Waals surface area (Å²) in [7, 11) is 4.68. The van der Waals surface area contributed by atoms with Gasteiger partial charge in [-0.1, -0.05) is 126 Å². The number of esters is 4. The first-order valence-electron chi connectivity index (χ1n) is 25.2. The summed E-state index contributed by atoms with van der Waals surface area (Å²) in [6, 6.07) is 0. The molecule has 8 fully saturated rings. The van der Waals surface area contributed by atoms with Crippen LogP contribution in [0.25, 0.3) is 0 Å². The number of methoxy groups -OCH3 is 2. The first-order chi connectivity index (χ1) is 31.1. The lowest BCUT2D eigenvalue weighted by molar-refractivity contribution is -0.154. The van der Waals surface area contributed by atoms with Crippen LogP contribution in [0.5, 0.6) is 0 Å². The monoisotopic (exact) mass is 1030 g/mol. The van der Waals surface area contributed by atoms with Crippen molar-refractivity contribution in [1.82, 2.24) is 0 Å². The van der Waals surface area contributed by atoms with Crippen LogP contribution < -0.4 is 0 Å². The Morgan fingerprint density at radius 3 is 0.792 bits per heavy atom. The number of carbonyl (C=O) groups excluding carboxylic acids is 4. The van der Waals surface area contributed by atoms with Gasteiger partial charge in [0.05, 0.1) is 26.4 Å². The van der Waals surface area contributed by atoms with Gasteiger partial charge in [0.1, 0.15) is 12.2 Å². The normalized spacial score (nSPS) is 35.1. The lowest BCUT2D eigenvalue weighted by Gasteiger charge is -2.38. The average Bonchev–Trinajstić information content (AvgIpc) is 4.00. The van der Waals surface area contributed by atoms with E-state index in [0.717, 1.165) is 57.7 Å². The van der Waals surface area contributed by atoms with E-state index in [9.17, 15) is 29.4 Å². The molecule has 428 valence electrons. The fourth-order valence-electron chi connectivity index (χ4n) is 13.5. The maximum absolute atomic E-state index is 11.6. The molecule has 0 aromatic heterocycles. The molecule has 0 aromatic carbocycles. The zero-order chi connectivity index (χ0) is 53.4. The van der Waals surface area contributed by atoms with Crippen molar-refractivity contribution in [3.05, 3.63) is 24.3 Å². The number of hydrogen-bond acceptors (Lipinski definition) is 12. The molecule has 12 atom stereocenters. The van der Waals surface area contributed by atoms with Gasteiger partial charge in [-0.05, 0) is 147 Å². The number of carbonyl (C=O) groups is 4. The van der Waals surface area contributed by atoms with E-state index in [1.165, 1.54) is 79.4 Å². The number of hydrogen-bond donors (Lipinski definition) is 4. The number of ether oxygens (including phenoxy) is 4. The van der Waals surface area contributed by atoms with Gasteiger partial charge in [0, 0.05) is 50.0 Å². The Bertz CT molecular complexity index is 1690. The smallest absolute Gasteiger partial charge is 0.333 e. The third kappa shape index (κ3) is 14.8. The molecule has 8 aliphatic carbocycles. The molecule has 8 rings (SSSR count). The minimum absolute atomic E-state index is 0. The first kappa shape index (κ1) is 75.7. The number of rotatable bonds is 4. The molecular formula is C60H116O12. The summed E-state index contributed by atoms with van der Waals surface area (Å²) in [6.45, 7) is 40.8. The highest BCUT2D eigenvalue weighted by molar-refractivity contribution is 5.87. The zero-order valence-electron chi connectivity index (χ0n) is 46.6. The number of fused-ring (bicyclic) bond motifs is 8. The van der Waals surface area contributed by atoms with Gasteiger partial charge in [0.2, 0.25) is 0 Å². The molecule has 0 heterocycles. The van der Waals surface area contributed by atoms with E-state index < -0.39 is 0 Å². The molecule has 4 N–H and O–H groups in total. The second-order valence-electron chi connectivity index (χ2n) is 24.2. The van der Waals surface area contributed by atoms with Crippen LogP contribution in [-0.4, -0.2) is 97.2 Å². The summed E-state index contributed by atoms with van der Waals surface area (Å²) in [5.74, 6) is 2.07. The van der Waals surface area contributed by atoms with Crippen LogP contribution in [0.1, 0.15) is 218 Å². The highest BCUT2D eigenvalue weighted by atomic mass is 16.6. The predicted octanol–water partition coefficient (Wildman–Crippen LogP) is 13.1. The first-order valence-corrected chi connectivity index (χ1v) is 25.2. The molecule has 0 aliphatic heterocycles. The highest BCUT2D eigenvalue weighted by Crippen LogP contribution is 2.68. The Morgan fingerprint density at radius 1 is 0.417 bits per heavy atom. The molecule has 12 unspecified atom stereocenters. The quantitative estimate of drug-likeness (QED) is 0.119. The molecule has 8 bridgehead atoms. The minimum Gasteiger partial charge on any atom is -0.469 e. The van der Waals surface area contributed by atoms with E-state index in [1.54, 1.807) is 13.8 Å². The Kier molecular flexibility index (Phi) is 30.4. The second-order valence-corrected chi connectivity index (χ2v) is 24.2. The fourth-order valence-corrected chi connectivity index (χ4v) is 13.5. The van der Waals surface area contributed by atoms with Gasteiger partial charge >= 0.3 is 23.9 Å². The molecule has 0 amide bonds. The standard InChI is InChI=1S/C14H22O2.C12H20O2.2C10H18O.C5H8O2.C3H6O2.2CH4O.4CH4/c1-9(2)12(15)16-11-8-10-6-7-14(11,5)13(10,3)4;1-8(13)14-10-7-9-5-6-12(10,4)11(9,2)3;2*1-9(2)7-4-5-10(9,3)8(11)6-7;1-4(2)5(6)7-3;1-3(4)5-2;2*1-2;;;;/h10-11H,1,6-8H2,2-5H3;9-10H,5-7H2,1-4H3;2*7-8,11H,4-6H2,1-3H3;1H2,2-3H3;1-2H3;2*2H,1H3;4*1H4. The molecule has 72 heavy (non-hydrogen) atoms. The topological polar surface area (TPSA) is 186 Å². The molecule has 8 saturated carbocycles. The summed E-state index contributed by atoms with van der Waals surface area (Å²) < 4.78 is 19.4. The van der Waals surface area contributed by atoms with Gasteiger partial charge in [-0.2, -0.15) is 0 Å².